The van der Waals surface area contributed by atoms with Gasteiger partial charge in [-0.15, -0.1) is 0 Å². The first kappa shape index (κ1) is 28.0. The van der Waals surface area contributed by atoms with Gasteiger partial charge in [0, 0.05) is 31.5 Å². The maximum absolute atomic E-state index is 14.0. The minimum absolute atomic E-state index is 0.0504. The predicted octanol–water partition coefficient (Wildman–Crippen LogP) is 3.06. The number of pyridine rings is 1. The van der Waals surface area contributed by atoms with Gasteiger partial charge in [0.2, 0.25) is 15.8 Å². The number of hydrogen-bond acceptors (Lipinski definition) is 9. The topological polar surface area (TPSA) is 130 Å². The molecule has 4 rings (SSSR count). The fourth-order valence-corrected chi connectivity index (χ4v) is 6.69. The Morgan fingerprint density at radius 1 is 1.13 bits per heavy atom. The van der Waals surface area contributed by atoms with E-state index in [2.05, 4.69) is 20.6 Å². The van der Waals surface area contributed by atoms with Crippen LogP contribution in [0.1, 0.15) is 40.1 Å². The largest absolute Gasteiger partial charge is 0.382 e. The Balaban J connectivity index is 1.22. The average molecular weight is 565 g/mol. The van der Waals surface area contributed by atoms with Crippen LogP contribution >= 0.6 is 11.3 Å². The summed E-state index contributed by atoms with van der Waals surface area (Å²) in [5.41, 5.74) is 6.33. The summed E-state index contributed by atoms with van der Waals surface area (Å²) in [7, 11) is -3.36. The van der Waals surface area contributed by atoms with Gasteiger partial charge in [0.25, 0.3) is 0 Å². The number of thiazole rings is 1. The van der Waals surface area contributed by atoms with E-state index in [4.69, 9.17) is 5.73 Å². The number of hydrogen-bond donors (Lipinski definition) is 3. The molecule has 9 nitrogen and oxygen atoms in total. The van der Waals surface area contributed by atoms with Crippen LogP contribution in [-0.4, -0.2) is 66.4 Å². The zero-order valence-corrected chi connectivity index (χ0v) is 22.3. The third kappa shape index (κ3) is 7.10. The van der Waals surface area contributed by atoms with E-state index < -0.39 is 33.0 Å². The van der Waals surface area contributed by atoms with Crippen molar-refractivity contribution in [3.05, 3.63) is 70.4 Å². The summed E-state index contributed by atoms with van der Waals surface area (Å²) in [5.74, 6) is -2.83. The summed E-state index contributed by atoms with van der Waals surface area (Å²) in [4.78, 5) is 20.8. The number of aromatic nitrogens is 2. The maximum atomic E-state index is 14.0. The van der Waals surface area contributed by atoms with Gasteiger partial charge in [-0.25, -0.2) is 26.5 Å². The number of nitrogens with two attached hydrogens (primary N) is 1. The summed E-state index contributed by atoms with van der Waals surface area (Å²) in [5, 5.41) is 6.80. The maximum Gasteiger partial charge on any atom is 0.214 e. The molecule has 13 heteroatoms. The molecule has 2 aromatic heterocycles. The Morgan fingerprint density at radius 3 is 2.55 bits per heavy atom. The first-order chi connectivity index (χ1) is 18.2. The van der Waals surface area contributed by atoms with E-state index in [1.807, 2.05) is 18.3 Å². The molecular weight excluding hydrogens is 534 g/mol. The van der Waals surface area contributed by atoms with Crippen molar-refractivity contribution in [1.82, 2.24) is 19.6 Å². The van der Waals surface area contributed by atoms with E-state index in [1.54, 1.807) is 6.20 Å². The average Bonchev–Trinajstić information content (AvgIpc) is 3.26. The third-order valence-electron chi connectivity index (χ3n) is 6.29. The molecule has 3 aromatic rings. The minimum atomic E-state index is -3.36. The van der Waals surface area contributed by atoms with Gasteiger partial charge < -0.3 is 16.4 Å². The third-order valence-corrected chi connectivity index (χ3v) is 9.25. The van der Waals surface area contributed by atoms with Gasteiger partial charge >= 0.3 is 0 Å². The van der Waals surface area contributed by atoms with Crippen molar-refractivity contribution in [1.29, 1.82) is 0 Å². The molecule has 1 aliphatic rings. The van der Waals surface area contributed by atoms with Crippen LogP contribution in [0.2, 0.25) is 0 Å². The number of carbonyl (C=O) groups excluding carboxylic acids is 1. The van der Waals surface area contributed by atoms with Gasteiger partial charge in [0.15, 0.2) is 5.13 Å². The van der Waals surface area contributed by atoms with Gasteiger partial charge in [-0.05, 0) is 62.5 Å². The lowest BCUT2D eigenvalue weighted by atomic mass is 10.1. The molecule has 0 atom stereocenters. The summed E-state index contributed by atoms with van der Waals surface area (Å²) < 4.78 is 55.1. The Morgan fingerprint density at radius 2 is 1.87 bits per heavy atom. The fraction of sp³-hybridized carbons (Fsp3) is 0.400. The van der Waals surface area contributed by atoms with Crippen LogP contribution in [0.4, 0.5) is 19.7 Å². The fourth-order valence-electron chi connectivity index (χ4n) is 4.25. The summed E-state index contributed by atoms with van der Waals surface area (Å²) >= 11 is 0.924. The van der Waals surface area contributed by atoms with E-state index in [9.17, 15) is 22.0 Å². The normalized spacial score (nSPS) is 15.0. The molecule has 1 fully saturated rings. The molecule has 0 saturated carbocycles. The molecule has 0 bridgehead atoms. The Hall–Kier alpha value is -3.00. The quantitative estimate of drug-likeness (QED) is 0.226. The number of ketones is 1. The van der Waals surface area contributed by atoms with Crippen molar-refractivity contribution in [3.8, 4) is 0 Å². The van der Waals surface area contributed by atoms with Crippen LogP contribution in [0, 0.1) is 11.6 Å². The summed E-state index contributed by atoms with van der Waals surface area (Å²) in [6.07, 6.45) is 6.00. The number of carbonyl (C=O) groups is 1. The molecule has 0 unspecified atom stereocenters. The molecule has 1 aromatic carbocycles. The number of nitrogens with one attached hydrogen (secondary N) is 2. The number of anilines is 2. The van der Waals surface area contributed by atoms with E-state index >= 15 is 0 Å². The van der Waals surface area contributed by atoms with Gasteiger partial charge in [0.05, 0.1) is 11.3 Å². The molecular formula is C25H30F2N6O3S2. The van der Waals surface area contributed by atoms with Crippen LogP contribution in [0.5, 0.6) is 0 Å². The highest BCUT2D eigenvalue weighted by atomic mass is 32.2. The Bertz CT molecular complexity index is 1330. The number of nitrogens with zero attached hydrogens (tertiary/aromatic N) is 3. The Kier molecular flexibility index (Phi) is 9.36. The van der Waals surface area contributed by atoms with Gasteiger partial charge in [-0.1, -0.05) is 23.5 Å². The molecule has 4 N–H and O–H groups in total. The molecule has 38 heavy (non-hydrogen) atoms. The van der Waals surface area contributed by atoms with E-state index in [-0.39, 0.29) is 22.5 Å². The molecule has 0 aliphatic carbocycles. The van der Waals surface area contributed by atoms with Crippen molar-refractivity contribution in [2.24, 2.45) is 0 Å². The van der Waals surface area contributed by atoms with E-state index in [0.717, 1.165) is 42.0 Å². The van der Waals surface area contributed by atoms with Gasteiger partial charge in [0.1, 0.15) is 22.3 Å². The zero-order valence-electron chi connectivity index (χ0n) is 20.7. The Labute approximate surface area is 224 Å². The number of piperidine rings is 1. The van der Waals surface area contributed by atoms with Crippen LogP contribution in [0.3, 0.4) is 0 Å². The highest BCUT2D eigenvalue weighted by Crippen LogP contribution is 2.30. The highest BCUT2D eigenvalue weighted by molar-refractivity contribution is 7.89. The molecule has 1 aliphatic heterocycles. The van der Waals surface area contributed by atoms with Gasteiger partial charge in [-0.2, -0.15) is 0 Å². The standard InChI is InChI=1S/C25H30F2N6O3S2/c26-19-5-1-6-20(27)21(19)22(34)23-24(28)32-25(37-23)31-18-8-13-33(14-9-18)38(35,36)15-3-11-29-12-7-17-4-2-10-30-16-17/h1-2,4-6,10,16,18,29H,3,7-9,11-15,28H2,(H,31,32). The van der Waals surface area contributed by atoms with Crippen LogP contribution in [-0.2, 0) is 16.4 Å². The second kappa shape index (κ2) is 12.7. The summed E-state index contributed by atoms with van der Waals surface area (Å²) in [6, 6.07) is 7.02. The molecule has 1 saturated heterocycles. The lowest BCUT2D eigenvalue weighted by Gasteiger charge is -2.31. The predicted molar refractivity (Wildman–Crippen MR) is 144 cm³/mol. The number of halogens is 2. The number of sulfonamides is 1. The first-order valence-corrected chi connectivity index (χ1v) is 14.8. The number of rotatable bonds is 12. The molecule has 204 valence electrons. The van der Waals surface area contributed by atoms with Crippen LogP contribution < -0.4 is 16.4 Å². The second-order valence-corrected chi connectivity index (χ2v) is 12.1. The van der Waals surface area contributed by atoms with Crippen molar-refractivity contribution in [3.63, 3.8) is 0 Å². The lowest BCUT2D eigenvalue weighted by molar-refractivity contribution is 0.103. The first-order valence-electron chi connectivity index (χ1n) is 12.3. The van der Waals surface area contributed by atoms with Crippen molar-refractivity contribution in [2.75, 3.05) is 43.0 Å². The van der Waals surface area contributed by atoms with E-state index in [1.165, 1.54) is 10.4 Å². The second-order valence-electron chi connectivity index (χ2n) is 9.01. The smallest absolute Gasteiger partial charge is 0.214 e. The highest BCUT2D eigenvalue weighted by Gasteiger charge is 2.29. The minimum Gasteiger partial charge on any atom is -0.382 e. The van der Waals surface area contributed by atoms with Crippen molar-refractivity contribution >= 4 is 38.1 Å². The monoisotopic (exact) mass is 564 g/mol. The number of nitrogen functional groups attached to an aromatic ring is 1. The molecule has 0 amide bonds. The van der Waals surface area contributed by atoms with Crippen molar-refractivity contribution < 1.29 is 22.0 Å². The lowest BCUT2D eigenvalue weighted by Crippen LogP contribution is -2.43. The zero-order chi connectivity index (χ0) is 27.1. The SMILES string of the molecule is Nc1nc(NC2CCN(S(=O)(=O)CCCNCCc3cccnc3)CC2)sc1C(=O)c1c(F)cccc1F. The van der Waals surface area contributed by atoms with Crippen LogP contribution in [0.25, 0.3) is 0 Å². The van der Waals surface area contributed by atoms with Crippen LogP contribution in [0.15, 0.2) is 42.7 Å². The summed E-state index contributed by atoms with van der Waals surface area (Å²) in [6.45, 7) is 2.09. The van der Waals surface area contributed by atoms with E-state index in [0.29, 0.717) is 44.0 Å². The van der Waals surface area contributed by atoms with Crippen molar-refractivity contribution in [2.45, 2.75) is 31.7 Å². The van der Waals surface area contributed by atoms with Gasteiger partial charge in [-0.3, -0.25) is 9.78 Å². The molecule has 0 radical (unpaired) electrons. The molecule has 0 spiro atoms. The number of benzene rings is 1. The molecule has 3 heterocycles.